The third-order valence-electron chi connectivity index (χ3n) is 9.82. The van der Waals surface area contributed by atoms with Gasteiger partial charge in [0.1, 0.15) is 0 Å². The molecule has 1 saturated heterocycles. The normalized spacial score (nSPS) is 15.4. The van der Waals surface area contributed by atoms with Gasteiger partial charge >= 0.3 is 7.12 Å². The number of fused-ring (bicyclic) bond motifs is 3. The highest BCUT2D eigenvalue weighted by Crippen LogP contribution is 2.39. The van der Waals surface area contributed by atoms with Gasteiger partial charge in [0.15, 0.2) is 0 Å². The lowest BCUT2D eigenvalue weighted by Gasteiger charge is -2.32. The highest BCUT2D eigenvalue weighted by molar-refractivity contribution is 6.62. The quantitative estimate of drug-likeness (QED) is 0.175. The van der Waals surface area contributed by atoms with E-state index in [0.29, 0.717) is 0 Å². The van der Waals surface area contributed by atoms with Crippen LogP contribution in [0.3, 0.4) is 0 Å². The standard InChI is InChI=1S/C42H37BN2O2/c1-41(2)42(3,4)47-43(46-41)32-23-26-37-38-28-31(22-27-39(38)45(40(37)29-32)35-18-12-7-13-19-35)30-20-24-36(25-21-30)44(33-14-8-5-9-15-33)34-16-10-6-11-17-34/h5-29H,1-4H3. The summed E-state index contributed by atoms with van der Waals surface area (Å²) in [6.45, 7) is 8.39. The Morgan fingerprint density at radius 1 is 0.489 bits per heavy atom. The lowest BCUT2D eigenvalue weighted by atomic mass is 9.79. The van der Waals surface area contributed by atoms with Crippen molar-refractivity contribution in [2.24, 2.45) is 0 Å². The van der Waals surface area contributed by atoms with Crippen molar-refractivity contribution >= 4 is 51.4 Å². The van der Waals surface area contributed by atoms with Gasteiger partial charge in [0.25, 0.3) is 0 Å². The second-order valence-electron chi connectivity index (χ2n) is 13.3. The highest BCUT2D eigenvalue weighted by atomic mass is 16.7. The van der Waals surface area contributed by atoms with Crippen LogP contribution in [0.5, 0.6) is 0 Å². The molecule has 47 heavy (non-hydrogen) atoms. The van der Waals surface area contributed by atoms with Gasteiger partial charge in [-0.05, 0) is 111 Å². The number of aromatic nitrogens is 1. The fourth-order valence-corrected chi connectivity index (χ4v) is 6.60. The number of rotatable bonds is 6. The molecule has 1 aromatic heterocycles. The molecular formula is C42H37BN2O2. The van der Waals surface area contributed by atoms with Crippen molar-refractivity contribution in [3.63, 3.8) is 0 Å². The van der Waals surface area contributed by atoms with E-state index in [0.717, 1.165) is 39.2 Å². The third-order valence-corrected chi connectivity index (χ3v) is 9.82. The number of para-hydroxylation sites is 3. The Labute approximate surface area is 277 Å². The summed E-state index contributed by atoms with van der Waals surface area (Å²) in [4.78, 5) is 2.29. The van der Waals surface area contributed by atoms with Crippen molar-refractivity contribution in [1.82, 2.24) is 4.57 Å². The second kappa shape index (κ2) is 11.3. The Bertz CT molecular complexity index is 2140. The van der Waals surface area contributed by atoms with E-state index in [1.807, 2.05) is 0 Å². The Morgan fingerprint density at radius 2 is 1.02 bits per heavy atom. The molecule has 0 saturated carbocycles. The second-order valence-corrected chi connectivity index (χ2v) is 13.3. The maximum Gasteiger partial charge on any atom is 0.494 e. The van der Waals surface area contributed by atoms with Crippen LogP contribution in [0, 0.1) is 0 Å². The molecule has 0 atom stereocenters. The van der Waals surface area contributed by atoms with Crippen molar-refractivity contribution in [3.8, 4) is 16.8 Å². The number of hydrogen-bond acceptors (Lipinski definition) is 3. The fourth-order valence-electron chi connectivity index (χ4n) is 6.60. The third kappa shape index (κ3) is 5.13. The van der Waals surface area contributed by atoms with Gasteiger partial charge in [-0.2, -0.15) is 0 Å². The van der Waals surface area contributed by atoms with Gasteiger partial charge in [-0.25, -0.2) is 0 Å². The molecule has 5 heteroatoms. The predicted octanol–water partition coefficient (Wildman–Crippen LogP) is 10.2. The Hall–Kier alpha value is -5.10. The maximum absolute atomic E-state index is 6.44. The van der Waals surface area contributed by atoms with Crippen LogP contribution in [-0.2, 0) is 9.31 Å². The molecule has 7 aromatic rings. The average molecular weight is 613 g/mol. The molecule has 0 radical (unpaired) electrons. The van der Waals surface area contributed by atoms with Gasteiger partial charge in [-0.15, -0.1) is 0 Å². The summed E-state index contributed by atoms with van der Waals surface area (Å²) in [5, 5.41) is 2.41. The molecule has 6 aromatic carbocycles. The minimum Gasteiger partial charge on any atom is -0.399 e. The van der Waals surface area contributed by atoms with E-state index in [9.17, 15) is 0 Å². The van der Waals surface area contributed by atoms with E-state index in [2.05, 4.69) is 189 Å². The van der Waals surface area contributed by atoms with Crippen LogP contribution in [-0.4, -0.2) is 22.9 Å². The van der Waals surface area contributed by atoms with Gasteiger partial charge in [-0.3, -0.25) is 0 Å². The molecule has 1 fully saturated rings. The zero-order chi connectivity index (χ0) is 32.2. The topological polar surface area (TPSA) is 26.6 Å². The molecule has 0 unspecified atom stereocenters. The van der Waals surface area contributed by atoms with Crippen molar-refractivity contribution in [2.75, 3.05) is 4.90 Å². The molecule has 0 aliphatic carbocycles. The molecule has 1 aliphatic heterocycles. The Balaban J connectivity index is 1.22. The highest BCUT2D eigenvalue weighted by Gasteiger charge is 2.51. The van der Waals surface area contributed by atoms with Gasteiger partial charge in [0.2, 0.25) is 0 Å². The molecular weight excluding hydrogens is 575 g/mol. The zero-order valence-electron chi connectivity index (χ0n) is 27.2. The lowest BCUT2D eigenvalue weighted by Crippen LogP contribution is -2.41. The first-order chi connectivity index (χ1) is 22.8. The van der Waals surface area contributed by atoms with Crippen molar-refractivity contribution in [1.29, 1.82) is 0 Å². The largest absolute Gasteiger partial charge is 0.494 e. The molecule has 0 spiro atoms. The fraction of sp³-hybridized carbons (Fsp3) is 0.143. The van der Waals surface area contributed by atoms with E-state index >= 15 is 0 Å². The molecule has 0 N–H and O–H groups in total. The molecule has 230 valence electrons. The molecule has 0 amide bonds. The van der Waals surface area contributed by atoms with Gasteiger partial charge in [0.05, 0.1) is 22.2 Å². The Morgan fingerprint density at radius 3 is 1.62 bits per heavy atom. The first-order valence-corrected chi connectivity index (χ1v) is 16.3. The predicted molar refractivity (Wildman–Crippen MR) is 197 cm³/mol. The zero-order valence-corrected chi connectivity index (χ0v) is 27.2. The van der Waals surface area contributed by atoms with Crippen molar-refractivity contribution in [3.05, 3.63) is 152 Å². The summed E-state index contributed by atoms with van der Waals surface area (Å²) < 4.78 is 15.2. The maximum atomic E-state index is 6.44. The van der Waals surface area contributed by atoms with Crippen molar-refractivity contribution in [2.45, 2.75) is 38.9 Å². The molecule has 4 nitrogen and oxygen atoms in total. The summed E-state index contributed by atoms with van der Waals surface area (Å²) in [7, 11) is -0.424. The first-order valence-electron chi connectivity index (χ1n) is 16.3. The van der Waals surface area contributed by atoms with E-state index in [1.54, 1.807) is 0 Å². The minimum absolute atomic E-state index is 0.400. The van der Waals surface area contributed by atoms with Crippen LogP contribution >= 0.6 is 0 Å². The summed E-state index contributed by atoms with van der Waals surface area (Å²) in [5.41, 5.74) is 9.36. The van der Waals surface area contributed by atoms with E-state index in [1.165, 1.54) is 21.9 Å². The molecule has 8 rings (SSSR count). The van der Waals surface area contributed by atoms with Gasteiger partial charge in [-0.1, -0.05) is 84.9 Å². The van der Waals surface area contributed by atoms with Crippen LogP contribution in [0.1, 0.15) is 27.7 Å². The van der Waals surface area contributed by atoms with Crippen LogP contribution in [0.15, 0.2) is 152 Å². The van der Waals surface area contributed by atoms with Crippen LogP contribution in [0.25, 0.3) is 38.6 Å². The Kier molecular flexibility index (Phi) is 7.05. The van der Waals surface area contributed by atoms with E-state index in [4.69, 9.17) is 9.31 Å². The lowest BCUT2D eigenvalue weighted by molar-refractivity contribution is 0.00578. The number of benzene rings is 6. The summed E-state index contributed by atoms with van der Waals surface area (Å²) in [6, 6.07) is 53.9. The van der Waals surface area contributed by atoms with Crippen molar-refractivity contribution < 1.29 is 9.31 Å². The number of hydrogen-bond donors (Lipinski definition) is 0. The SMILES string of the molecule is CC1(C)OB(c2ccc3c4cc(-c5ccc(N(c6ccccc6)c6ccccc6)cc5)ccc4n(-c4ccccc4)c3c2)OC1(C)C. The summed E-state index contributed by atoms with van der Waals surface area (Å²) in [5.74, 6) is 0. The summed E-state index contributed by atoms with van der Waals surface area (Å²) >= 11 is 0. The monoisotopic (exact) mass is 612 g/mol. The summed E-state index contributed by atoms with van der Waals surface area (Å²) in [6.07, 6.45) is 0. The molecule has 0 bridgehead atoms. The minimum atomic E-state index is -0.424. The van der Waals surface area contributed by atoms with Crippen LogP contribution in [0.2, 0.25) is 0 Å². The first kappa shape index (κ1) is 29.3. The van der Waals surface area contributed by atoms with E-state index < -0.39 is 18.3 Å². The number of anilines is 3. The van der Waals surface area contributed by atoms with E-state index in [-0.39, 0.29) is 0 Å². The van der Waals surface area contributed by atoms with Gasteiger partial charge in [0, 0.05) is 33.5 Å². The average Bonchev–Trinajstić information content (AvgIpc) is 3.54. The number of nitrogens with zero attached hydrogens (tertiary/aromatic N) is 2. The van der Waals surface area contributed by atoms with Gasteiger partial charge < -0.3 is 18.8 Å². The van der Waals surface area contributed by atoms with Crippen LogP contribution < -0.4 is 10.4 Å². The van der Waals surface area contributed by atoms with Crippen LogP contribution in [0.4, 0.5) is 17.1 Å². The smallest absolute Gasteiger partial charge is 0.399 e. The molecule has 2 heterocycles. The molecule has 1 aliphatic rings.